The minimum absolute atomic E-state index is 0.143. The zero-order chi connectivity index (χ0) is 35.9. The molecule has 0 aliphatic heterocycles. The van der Waals surface area contributed by atoms with E-state index in [-0.39, 0.29) is 15.7 Å². The van der Waals surface area contributed by atoms with Gasteiger partial charge in [0.1, 0.15) is 0 Å². The Kier molecular flexibility index (Phi) is 11.0. The highest BCUT2D eigenvalue weighted by Crippen LogP contribution is 2.35. The summed E-state index contributed by atoms with van der Waals surface area (Å²) in [5.74, 6) is 1.00. The number of aryl methyl sites for hydroxylation is 1. The monoisotopic (exact) mass is 711 g/mol. The molecular weight excluding hydrogens is 675 g/mol. The molecule has 1 aromatic heterocycles. The number of para-hydroxylation sites is 1. The second-order valence-corrected chi connectivity index (χ2v) is 14.8. The van der Waals surface area contributed by atoms with E-state index in [1.54, 1.807) is 38.1 Å². The van der Waals surface area contributed by atoms with Crippen molar-refractivity contribution in [3.05, 3.63) is 120 Å². The van der Waals surface area contributed by atoms with Gasteiger partial charge >= 0.3 is 0 Å². The highest BCUT2D eigenvalue weighted by Gasteiger charge is 2.18. The zero-order valence-corrected chi connectivity index (χ0v) is 29.7. The number of hydrogen-bond donors (Lipinski definition) is 5. The third kappa shape index (κ3) is 8.56. The molecule has 0 fully saturated rings. The largest absolute Gasteiger partial charge is 0.324 e. The number of sulfonamides is 2. The van der Waals surface area contributed by atoms with Crippen LogP contribution in [0.4, 0.5) is 23.3 Å². The molecule has 0 spiro atoms. The maximum absolute atomic E-state index is 12.2. The Hall–Kier alpha value is -5.48. The average Bonchev–Trinajstić information content (AvgIpc) is 3.13. The lowest BCUT2D eigenvalue weighted by Gasteiger charge is -2.16. The number of aromatic nitrogens is 2. The molecule has 0 bridgehead atoms. The molecule has 0 saturated heterocycles. The number of rotatable bonds is 13. The van der Waals surface area contributed by atoms with Crippen molar-refractivity contribution >= 4 is 54.7 Å². The second-order valence-electron chi connectivity index (χ2n) is 11.1. The molecule has 0 radical (unpaired) electrons. The molecule has 5 N–H and O–H groups in total. The van der Waals surface area contributed by atoms with Crippen LogP contribution in [0.2, 0.25) is 0 Å². The van der Waals surface area contributed by atoms with Crippen molar-refractivity contribution in [2.75, 3.05) is 30.3 Å². The van der Waals surface area contributed by atoms with Crippen LogP contribution >= 0.6 is 0 Å². The normalized spacial score (nSPS) is 12.4. The van der Waals surface area contributed by atoms with Gasteiger partial charge in [0.2, 0.25) is 26.0 Å². The molecule has 5 rings (SSSR count). The van der Waals surface area contributed by atoms with Crippen LogP contribution in [0.15, 0.2) is 123 Å². The Balaban J connectivity index is 1.57. The van der Waals surface area contributed by atoms with Gasteiger partial charge in [-0.25, -0.2) is 26.3 Å². The third-order valence-corrected chi connectivity index (χ3v) is 10.5. The Morgan fingerprint density at radius 2 is 1.04 bits per heavy atom. The molecular formula is C35H37N9O4S2. The second kappa shape index (κ2) is 15.4. The fourth-order valence-corrected chi connectivity index (χ4v) is 6.17. The molecule has 5 aromatic rings. The first-order valence-electron chi connectivity index (χ1n) is 15.4. The van der Waals surface area contributed by atoms with Gasteiger partial charge in [-0.3, -0.25) is 10.9 Å². The van der Waals surface area contributed by atoms with E-state index in [0.29, 0.717) is 39.7 Å². The lowest BCUT2D eigenvalue weighted by Crippen LogP contribution is -2.18. The van der Waals surface area contributed by atoms with Crippen molar-refractivity contribution in [1.29, 1.82) is 0 Å². The van der Waals surface area contributed by atoms with Gasteiger partial charge in [-0.15, -0.1) is 0 Å². The van der Waals surface area contributed by atoms with Crippen molar-refractivity contribution in [1.82, 2.24) is 19.4 Å². The number of nitrogens with zero attached hydrogens (tertiary/aromatic N) is 4. The topological polar surface area (TPSA) is 179 Å². The molecule has 0 saturated carbocycles. The summed E-state index contributed by atoms with van der Waals surface area (Å²) in [5.41, 5.74) is 12.0. The molecule has 0 atom stereocenters. The highest BCUT2D eigenvalue weighted by molar-refractivity contribution is 7.89. The summed E-state index contributed by atoms with van der Waals surface area (Å²) < 4.78 is 53.4. The summed E-state index contributed by atoms with van der Waals surface area (Å²) in [6, 6.07) is 30.1. The minimum Gasteiger partial charge on any atom is -0.324 e. The standard InChI is InChI=1S/C35H37N9O4S2/c1-23-11-13-28(14-12-23)32-33(43-41-24(2)26-15-19-30(20-16-26)49(45,46)36-4)39-35(38-29-9-7-6-8-10-29)40-34(32)44-42-25(3)27-17-21-31(22-18-27)50(47,48)37-5/h6-22,36-37H,1-5H3,(H3,38,39,40,43,44)/b41-24+,42-25+. The van der Waals surface area contributed by atoms with Gasteiger partial charge in [-0.05, 0) is 88.0 Å². The molecule has 50 heavy (non-hydrogen) atoms. The van der Waals surface area contributed by atoms with E-state index >= 15 is 0 Å². The van der Waals surface area contributed by atoms with Gasteiger partial charge in [-0.2, -0.15) is 20.2 Å². The third-order valence-electron chi connectivity index (χ3n) is 7.64. The SMILES string of the molecule is CNS(=O)(=O)c1ccc(/C(C)=N/Nc2nc(Nc3ccccc3)nc(N/N=C(\C)c3ccc(S(=O)(=O)NC)cc3)c2-c2ccc(C)cc2)cc1. The van der Waals surface area contributed by atoms with Gasteiger partial charge in [0, 0.05) is 5.69 Å². The molecule has 1 heterocycles. The molecule has 258 valence electrons. The van der Waals surface area contributed by atoms with E-state index in [4.69, 9.17) is 9.97 Å². The molecule has 0 aliphatic carbocycles. The van der Waals surface area contributed by atoms with Crippen LogP contribution in [0.3, 0.4) is 0 Å². The number of hydrogen-bond acceptors (Lipinski definition) is 11. The van der Waals surface area contributed by atoms with E-state index in [1.165, 1.54) is 38.4 Å². The van der Waals surface area contributed by atoms with Crippen molar-refractivity contribution in [2.45, 2.75) is 30.6 Å². The van der Waals surface area contributed by atoms with E-state index in [1.807, 2.05) is 61.5 Å². The van der Waals surface area contributed by atoms with Crippen LogP contribution in [0.5, 0.6) is 0 Å². The maximum atomic E-state index is 12.2. The van der Waals surface area contributed by atoms with Crippen LogP contribution in [0, 0.1) is 6.92 Å². The van der Waals surface area contributed by atoms with Crippen LogP contribution in [0.25, 0.3) is 11.1 Å². The van der Waals surface area contributed by atoms with Crippen LogP contribution in [-0.2, 0) is 20.0 Å². The lowest BCUT2D eigenvalue weighted by molar-refractivity contribution is 0.586. The number of benzene rings is 4. The fraction of sp³-hybridized carbons (Fsp3) is 0.143. The van der Waals surface area contributed by atoms with Crippen LogP contribution in [0.1, 0.15) is 30.5 Å². The number of hydrazone groups is 2. The minimum atomic E-state index is -3.58. The maximum Gasteiger partial charge on any atom is 0.240 e. The Labute approximate surface area is 292 Å². The number of nitrogens with one attached hydrogen (secondary N) is 5. The average molecular weight is 712 g/mol. The molecule has 0 amide bonds. The first kappa shape index (κ1) is 35.8. The quantitative estimate of drug-likeness (QED) is 0.0759. The van der Waals surface area contributed by atoms with Gasteiger partial charge in [0.05, 0.1) is 26.8 Å². The summed E-state index contributed by atoms with van der Waals surface area (Å²) >= 11 is 0. The predicted molar refractivity (Wildman–Crippen MR) is 199 cm³/mol. The lowest BCUT2D eigenvalue weighted by atomic mass is 10.1. The molecule has 15 heteroatoms. The van der Waals surface area contributed by atoms with Crippen molar-refractivity contribution in [2.24, 2.45) is 10.2 Å². The summed E-state index contributed by atoms with van der Waals surface area (Å²) in [4.78, 5) is 9.88. The number of anilines is 4. The van der Waals surface area contributed by atoms with E-state index in [0.717, 1.165) is 16.8 Å². The van der Waals surface area contributed by atoms with Gasteiger partial charge in [0.25, 0.3) is 0 Å². The van der Waals surface area contributed by atoms with E-state index < -0.39 is 20.0 Å². The Morgan fingerprint density at radius 3 is 1.46 bits per heavy atom. The van der Waals surface area contributed by atoms with E-state index in [2.05, 4.69) is 35.8 Å². The smallest absolute Gasteiger partial charge is 0.240 e. The van der Waals surface area contributed by atoms with Gasteiger partial charge in [0.15, 0.2) is 11.6 Å². The zero-order valence-electron chi connectivity index (χ0n) is 28.1. The van der Waals surface area contributed by atoms with Crippen molar-refractivity contribution in [3.8, 4) is 11.1 Å². The summed E-state index contributed by atoms with van der Waals surface area (Å²) in [6.45, 7) is 5.58. The summed E-state index contributed by atoms with van der Waals surface area (Å²) in [5, 5.41) is 12.5. The van der Waals surface area contributed by atoms with E-state index in [9.17, 15) is 16.8 Å². The first-order chi connectivity index (χ1) is 23.9. The Morgan fingerprint density at radius 1 is 0.600 bits per heavy atom. The van der Waals surface area contributed by atoms with Gasteiger partial charge < -0.3 is 5.32 Å². The summed E-state index contributed by atoms with van der Waals surface area (Å²) in [7, 11) is -4.44. The van der Waals surface area contributed by atoms with Crippen molar-refractivity contribution < 1.29 is 16.8 Å². The molecule has 4 aromatic carbocycles. The van der Waals surface area contributed by atoms with Crippen LogP contribution < -0.4 is 25.6 Å². The highest BCUT2D eigenvalue weighted by atomic mass is 32.2. The first-order valence-corrected chi connectivity index (χ1v) is 18.4. The van der Waals surface area contributed by atoms with Crippen molar-refractivity contribution in [3.63, 3.8) is 0 Å². The molecule has 0 unspecified atom stereocenters. The fourth-order valence-electron chi connectivity index (χ4n) is 4.71. The molecule has 0 aliphatic rings. The molecule has 13 nitrogen and oxygen atoms in total. The Bertz CT molecular complexity index is 2130. The van der Waals surface area contributed by atoms with Crippen LogP contribution in [-0.4, -0.2) is 52.3 Å². The van der Waals surface area contributed by atoms with Gasteiger partial charge in [-0.1, -0.05) is 72.3 Å². The predicted octanol–water partition coefficient (Wildman–Crippen LogP) is 5.68. The summed E-state index contributed by atoms with van der Waals surface area (Å²) in [6.07, 6.45) is 0.